The van der Waals surface area contributed by atoms with Crippen LogP contribution in [0.1, 0.15) is 20.3 Å². The van der Waals surface area contributed by atoms with Gasteiger partial charge in [-0.15, -0.1) is 0 Å². The lowest BCUT2D eigenvalue weighted by Crippen LogP contribution is -2.71. The van der Waals surface area contributed by atoms with Crippen molar-refractivity contribution in [2.24, 2.45) is 0 Å². The number of aliphatic hydroxyl groups excluding tert-OH is 16. The molecule has 5 heterocycles. The lowest BCUT2D eigenvalue weighted by molar-refractivity contribution is -0.391. The molecule has 0 unspecified atom stereocenters. The number of amides is 2. The number of hydrogen-bond acceptors (Lipinski definition) is 28. The van der Waals surface area contributed by atoms with Crippen LogP contribution in [0.4, 0.5) is 0 Å². The van der Waals surface area contributed by atoms with Crippen molar-refractivity contribution in [2.75, 3.05) is 33.0 Å². The van der Waals surface area contributed by atoms with Crippen LogP contribution in [0.3, 0.4) is 0 Å². The Labute approximate surface area is 384 Å². The van der Waals surface area contributed by atoms with E-state index in [2.05, 4.69) is 10.6 Å². The second kappa shape index (κ2) is 23.8. The maximum Gasteiger partial charge on any atom is 0.364 e. The third-order valence-corrected chi connectivity index (χ3v) is 12.1. The average Bonchev–Trinajstić information content (AvgIpc) is 3.29. The van der Waals surface area contributed by atoms with Crippen LogP contribution in [-0.2, 0) is 57.0 Å². The smallest absolute Gasteiger partial charge is 0.364 e. The van der Waals surface area contributed by atoms with Gasteiger partial charge in [0.15, 0.2) is 25.2 Å². The Kier molecular flexibility index (Phi) is 19.7. The van der Waals surface area contributed by atoms with Gasteiger partial charge in [0.1, 0.15) is 116 Å². The summed E-state index contributed by atoms with van der Waals surface area (Å²) in [6.45, 7) is -3.30. The van der Waals surface area contributed by atoms with E-state index in [0.717, 1.165) is 13.8 Å². The monoisotopic (exact) mass is 998 g/mol. The van der Waals surface area contributed by atoms with Gasteiger partial charge in [-0.3, -0.25) is 9.59 Å². The van der Waals surface area contributed by atoms with Crippen LogP contribution in [-0.4, -0.2) is 297 Å². The number of carboxylic acids is 1. The van der Waals surface area contributed by atoms with Gasteiger partial charge in [-0.25, -0.2) is 4.79 Å². The summed E-state index contributed by atoms with van der Waals surface area (Å²) >= 11 is 0. The van der Waals surface area contributed by atoms with E-state index in [9.17, 15) is 101 Å². The van der Waals surface area contributed by atoms with Crippen LogP contribution in [0, 0.1) is 0 Å². The molecule has 0 aliphatic carbocycles. The van der Waals surface area contributed by atoms with E-state index >= 15 is 0 Å². The summed E-state index contributed by atoms with van der Waals surface area (Å²) < 4.78 is 51.1. The highest BCUT2D eigenvalue weighted by Gasteiger charge is 2.61. The van der Waals surface area contributed by atoms with Gasteiger partial charge in [-0.05, 0) is 0 Å². The number of aliphatic hydroxyl groups is 16. The summed E-state index contributed by atoms with van der Waals surface area (Å²) in [5.74, 6) is -7.01. The minimum atomic E-state index is -3.20. The number of hydrogen-bond donors (Lipinski definition) is 19. The van der Waals surface area contributed by atoms with E-state index in [1.54, 1.807) is 0 Å². The van der Waals surface area contributed by atoms with Gasteiger partial charge in [0.05, 0.1) is 45.2 Å². The van der Waals surface area contributed by atoms with Crippen molar-refractivity contribution in [1.29, 1.82) is 0 Å². The first-order valence-corrected chi connectivity index (χ1v) is 21.2. The molecule has 0 saturated carbocycles. The highest BCUT2D eigenvalue weighted by atomic mass is 16.8. The Balaban J connectivity index is 1.48. The molecule has 0 aromatic heterocycles. The minimum Gasteiger partial charge on any atom is -0.477 e. The zero-order valence-corrected chi connectivity index (χ0v) is 36.2. The number of carbonyl (C=O) groups excluding carboxylic acids is 2. The molecule has 5 saturated heterocycles. The van der Waals surface area contributed by atoms with Gasteiger partial charge in [-0.2, -0.15) is 0 Å². The highest BCUT2D eigenvalue weighted by Crippen LogP contribution is 2.39. The second-order valence-corrected chi connectivity index (χ2v) is 16.8. The van der Waals surface area contributed by atoms with Gasteiger partial charge >= 0.3 is 5.97 Å². The highest BCUT2D eigenvalue weighted by molar-refractivity contribution is 5.76. The fourth-order valence-electron chi connectivity index (χ4n) is 8.53. The van der Waals surface area contributed by atoms with E-state index in [0.29, 0.717) is 0 Å². The molecule has 0 radical (unpaired) electrons. The molecule has 0 aromatic rings. The first-order chi connectivity index (χ1) is 32.0. The second-order valence-electron chi connectivity index (χ2n) is 16.8. The maximum absolute atomic E-state index is 13.0. The Morgan fingerprint density at radius 3 is 1.59 bits per heavy atom. The van der Waals surface area contributed by atoms with Crippen molar-refractivity contribution in [3.8, 4) is 0 Å². The molecule has 31 heteroatoms. The predicted octanol–water partition coefficient (Wildman–Crippen LogP) is -12.4. The molecular weight excluding hydrogens is 936 g/mol. The normalized spacial score (nSPS) is 46.6. The topological polar surface area (TPSA) is 502 Å². The van der Waals surface area contributed by atoms with Crippen molar-refractivity contribution in [2.45, 2.75) is 179 Å². The predicted molar refractivity (Wildman–Crippen MR) is 207 cm³/mol. The van der Waals surface area contributed by atoms with Crippen LogP contribution in [0.25, 0.3) is 0 Å². The number of nitrogens with one attached hydrogen (secondary N) is 2. The van der Waals surface area contributed by atoms with E-state index in [-0.39, 0.29) is 0 Å². The standard InChI is InChI=1S/C37H62N2O29/c1-9(45)38-17-11(47)3-37(36(58)59,67-29(17)19(49)12(48)4-40)68-30-22(52)15(7-43)63-35(26(30)56)65-28-18(39-10(2)46)33(61-14(6-42)21(28)51)66-31-25(55)32(57)60-16(8-44)27(31)64-34-24(54)23(53)20(50)13(5-41)62-34/h11-35,40-44,47-57H,3-8H2,1-2H3,(H,38,45)(H,39,46)(H,58,59)/t11-,12+,13+,14+,15+,16+,17+,18+,19+,20+,21+,22-,23-,24+,25+,26+,27-,28+,29+,30-,31+,32+,33-,34-,35-,37-/m0/s1. The molecule has 5 aliphatic heterocycles. The van der Waals surface area contributed by atoms with Crippen molar-refractivity contribution in [3.05, 3.63) is 0 Å². The van der Waals surface area contributed by atoms with Gasteiger partial charge in [-0.1, -0.05) is 0 Å². The zero-order valence-electron chi connectivity index (χ0n) is 36.2. The van der Waals surface area contributed by atoms with Crippen molar-refractivity contribution < 1.29 is 144 Å². The van der Waals surface area contributed by atoms with Crippen LogP contribution >= 0.6 is 0 Å². The number of ether oxygens (including phenoxy) is 9. The summed E-state index contributed by atoms with van der Waals surface area (Å²) in [6.07, 6.45) is -47.8. The lowest BCUT2D eigenvalue weighted by Gasteiger charge is -2.51. The molecule has 394 valence electrons. The molecule has 5 rings (SSSR count). The van der Waals surface area contributed by atoms with Crippen LogP contribution < -0.4 is 10.6 Å². The average molecular weight is 999 g/mol. The summed E-state index contributed by atoms with van der Waals surface area (Å²) in [5, 5.41) is 185. The van der Waals surface area contributed by atoms with Crippen molar-refractivity contribution in [3.63, 3.8) is 0 Å². The molecule has 0 bridgehead atoms. The quantitative estimate of drug-likeness (QED) is 0.0606. The summed E-state index contributed by atoms with van der Waals surface area (Å²) in [5.41, 5.74) is 0. The summed E-state index contributed by atoms with van der Waals surface area (Å²) in [6, 6.07) is -3.53. The Hall–Kier alpha value is -2.59. The largest absolute Gasteiger partial charge is 0.477 e. The van der Waals surface area contributed by atoms with Crippen LogP contribution in [0.2, 0.25) is 0 Å². The van der Waals surface area contributed by atoms with Crippen molar-refractivity contribution >= 4 is 17.8 Å². The molecule has 5 aliphatic rings. The first kappa shape index (κ1) is 56.3. The fourth-order valence-corrected chi connectivity index (χ4v) is 8.53. The number of aliphatic carboxylic acids is 1. The Morgan fingerprint density at radius 2 is 1.06 bits per heavy atom. The molecule has 31 nitrogen and oxygen atoms in total. The SMILES string of the molecule is CC(=O)N[C@H]1[C@H](O[C@@H]2[C@@H](O)[C@H](O)O[C@H](CO)[C@@H]2O[C@@H]2O[C@H](CO)[C@@H](O)[C@H](O)[C@H]2O)O[C@H](CO)[C@@H](O)[C@@H]1O[C@@H]1O[C@H](CO)[C@H](O)[C@H](O[C@]2(C(=O)O)C[C@H](O)[C@@H](NC(C)=O)[C@H]([C@H](O)[C@H](O)CO)O2)[C@H]1O. The molecule has 26 atom stereocenters. The molecule has 0 aromatic carbocycles. The van der Waals surface area contributed by atoms with Gasteiger partial charge in [0.25, 0.3) is 5.79 Å². The maximum atomic E-state index is 13.0. The molecule has 5 fully saturated rings. The van der Waals surface area contributed by atoms with Crippen LogP contribution in [0.5, 0.6) is 0 Å². The van der Waals surface area contributed by atoms with E-state index < -0.39 is 216 Å². The van der Waals surface area contributed by atoms with E-state index in [1.165, 1.54) is 0 Å². The first-order valence-electron chi connectivity index (χ1n) is 21.2. The third kappa shape index (κ3) is 11.8. The van der Waals surface area contributed by atoms with Gasteiger partial charge in [0, 0.05) is 20.3 Å². The third-order valence-electron chi connectivity index (χ3n) is 12.1. The van der Waals surface area contributed by atoms with E-state index in [1.807, 2.05) is 0 Å². The van der Waals surface area contributed by atoms with Crippen molar-refractivity contribution in [1.82, 2.24) is 10.6 Å². The summed E-state index contributed by atoms with van der Waals surface area (Å²) in [4.78, 5) is 37.7. The zero-order chi connectivity index (χ0) is 50.7. The molecule has 2 amide bonds. The number of carboxylic acid groups (broad SMARTS) is 1. The van der Waals surface area contributed by atoms with Gasteiger partial charge in [0.2, 0.25) is 11.8 Å². The molecule has 68 heavy (non-hydrogen) atoms. The Morgan fingerprint density at radius 1 is 0.574 bits per heavy atom. The minimum absolute atomic E-state index is 0.820. The fraction of sp³-hybridized carbons (Fsp3) is 0.919. The molecular formula is C37H62N2O29. The molecule has 19 N–H and O–H groups in total. The van der Waals surface area contributed by atoms with Gasteiger partial charge < -0.3 is 140 Å². The van der Waals surface area contributed by atoms with Crippen LogP contribution in [0.15, 0.2) is 0 Å². The lowest BCUT2D eigenvalue weighted by atomic mass is 9.88. The summed E-state index contributed by atoms with van der Waals surface area (Å²) in [7, 11) is 0. The number of rotatable bonds is 18. The molecule has 0 spiro atoms. The Bertz CT molecular complexity index is 1660. The van der Waals surface area contributed by atoms with E-state index in [4.69, 9.17) is 42.6 Å². The number of carbonyl (C=O) groups is 3.